The SMILES string of the molecule is CC.CC1(C)c2ccccc2-c2ccc(N(c3ccccc3)c3ccc4c5ccc(N(c6ccccc6)c6ccc7c(c6)C(C)(C)c6ccccc6-7)cc5c5ccccc5c4c3)cc21. The van der Waals surface area contributed by atoms with Crippen molar-refractivity contribution in [3.05, 3.63) is 229 Å². The lowest BCUT2D eigenvalue weighted by molar-refractivity contribution is 0.660. The van der Waals surface area contributed by atoms with Gasteiger partial charge >= 0.3 is 0 Å². The first-order valence-corrected chi connectivity index (χ1v) is 22.8. The van der Waals surface area contributed by atoms with E-state index in [4.69, 9.17) is 0 Å². The zero-order chi connectivity index (χ0) is 43.7. The molecule has 0 heterocycles. The number of para-hydroxylation sites is 2. The second-order valence-corrected chi connectivity index (χ2v) is 18.1. The quantitative estimate of drug-likeness (QED) is 0.154. The maximum atomic E-state index is 2.43. The van der Waals surface area contributed by atoms with Gasteiger partial charge in [0, 0.05) is 45.0 Å². The van der Waals surface area contributed by atoms with Gasteiger partial charge in [-0.3, -0.25) is 0 Å². The van der Waals surface area contributed by atoms with E-state index < -0.39 is 0 Å². The first-order valence-electron chi connectivity index (χ1n) is 22.8. The van der Waals surface area contributed by atoms with Crippen LogP contribution in [0.4, 0.5) is 34.1 Å². The molecule has 0 atom stereocenters. The van der Waals surface area contributed by atoms with E-state index in [1.807, 2.05) is 13.8 Å². The Bertz CT molecular complexity index is 3170. The highest BCUT2D eigenvalue weighted by Gasteiger charge is 2.37. The van der Waals surface area contributed by atoms with Crippen molar-refractivity contribution in [2.75, 3.05) is 9.80 Å². The summed E-state index contributed by atoms with van der Waals surface area (Å²) in [6, 6.07) is 76.6. The summed E-state index contributed by atoms with van der Waals surface area (Å²) >= 11 is 0. The molecule has 0 unspecified atom stereocenters. The highest BCUT2D eigenvalue weighted by atomic mass is 15.1. The summed E-state index contributed by atoms with van der Waals surface area (Å²) in [5.74, 6) is 0. The van der Waals surface area contributed by atoms with Gasteiger partial charge in [0.05, 0.1) is 0 Å². The summed E-state index contributed by atoms with van der Waals surface area (Å²) in [5, 5.41) is 7.47. The lowest BCUT2D eigenvalue weighted by Crippen LogP contribution is -2.16. The summed E-state index contributed by atoms with van der Waals surface area (Å²) in [5.41, 5.74) is 17.5. The second-order valence-electron chi connectivity index (χ2n) is 18.1. The van der Waals surface area contributed by atoms with Crippen LogP contribution in [-0.2, 0) is 10.8 Å². The Hall–Kier alpha value is -7.42. The van der Waals surface area contributed by atoms with Crippen LogP contribution in [0.15, 0.2) is 206 Å². The maximum absolute atomic E-state index is 2.43. The van der Waals surface area contributed by atoms with Crippen molar-refractivity contribution < 1.29 is 0 Å². The molecule has 2 aliphatic carbocycles. The summed E-state index contributed by atoms with van der Waals surface area (Å²) in [7, 11) is 0. The van der Waals surface area contributed by atoms with Crippen LogP contribution >= 0.6 is 0 Å². The molecule has 0 aromatic heterocycles. The van der Waals surface area contributed by atoms with Gasteiger partial charge in [-0.15, -0.1) is 0 Å². The summed E-state index contributed by atoms with van der Waals surface area (Å²) in [6.45, 7) is 13.4. The van der Waals surface area contributed by atoms with Gasteiger partial charge in [-0.05, 0) is 150 Å². The molecule has 0 amide bonds. The van der Waals surface area contributed by atoms with Gasteiger partial charge in [-0.2, -0.15) is 0 Å². The van der Waals surface area contributed by atoms with E-state index in [2.05, 4.69) is 244 Å². The van der Waals surface area contributed by atoms with Crippen LogP contribution in [-0.4, -0.2) is 0 Å². The van der Waals surface area contributed by atoms with Crippen LogP contribution < -0.4 is 9.80 Å². The van der Waals surface area contributed by atoms with Gasteiger partial charge in [0.15, 0.2) is 0 Å². The molecule has 12 rings (SSSR count). The molecule has 2 aliphatic rings. The van der Waals surface area contributed by atoms with Crippen LogP contribution in [0.3, 0.4) is 0 Å². The lowest BCUT2D eigenvalue weighted by atomic mass is 9.82. The predicted octanol–water partition coefficient (Wildman–Crippen LogP) is 17.7. The Morgan fingerprint density at radius 1 is 0.250 bits per heavy atom. The Morgan fingerprint density at radius 3 is 0.984 bits per heavy atom. The molecule has 0 fully saturated rings. The molecular formula is C62H52N2. The molecule has 0 spiro atoms. The maximum Gasteiger partial charge on any atom is 0.0468 e. The molecule has 0 saturated carbocycles. The zero-order valence-electron chi connectivity index (χ0n) is 37.5. The Kier molecular flexibility index (Phi) is 9.33. The third-order valence-corrected chi connectivity index (χ3v) is 14.0. The van der Waals surface area contributed by atoms with Crippen molar-refractivity contribution in [3.8, 4) is 22.3 Å². The van der Waals surface area contributed by atoms with E-state index >= 15 is 0 Å². The topological polar surface area (TPSA) is 6.48 Å². The zero-order valence-corrected chi connectivity index (χ0v) is 37.5. The largest absolute Gasteiger partial charge is 0.310 e. The Labute approximate surface area is 377 Å². The van der Waals surface area contributed by atoms with E-state index in [0.29, 0.717) is 0 Å². The summed E-state index contributed by atoms with van der Waals surface area (Å²) < 4.78 is 0. The fourth-order valence-electron chi connectivity index (χ4n) is 10.9. The number of nitrogens with zero attached hydrogens (tertiary/aromatic N) is 2. The third-order valence-electron chi connectivity index (χ3n) is 14.0. The van der Waals surface area contributed by atoms with Crippen LogP contribution in [0.25, 0.3) is 54.6 Å². The molecule has 10 aromatic carbocycles. The molecule has 0 bridgehead atoms. The molecule has 10 aromatic rings. The lowest BCUT2D eigenvalue weighted by Gasteiger charge is -2.29. The normalized spacial score (nSPS) is 13.7. The van der Waals surface area contributed by atoms with Crippen molar-refractivity contribution in [2.24, 2.45) is 0 Å². The highest BCUT2D eigenvalue weighted by Crippen LogP contribution is 2.53. The molecule has 0 saturated heterocycles. The minimum atomic E-state index is -0.0965. The van der Waals surface area contributed by atoms with Crippen LogP contribution in [0.5, 0.6) is 0 Å². The number of benzene rings is 10. The van der Waals surface area contributed by atoms with Gasteiger partial charge in [0.1, 0.15) is 0 Å². The van der Waals surface area contributed by atoms with E-state index in [1.165, 1.54) is 76.8 Å². The van der Waals surface area contributed by atoms with E-state index in [9.17, 15) is 0 Å². The molecule has 0 N–H and O–H groups in total. The summed E-state index contributed by atoms with van der Waals surface area (Å²) in [6.07, 6.45) is 0. The third kappa shape index (κ3) is 6.00. The van der Waals surface area contributed by atoms with Crippen molar-refractivity contribution in [2.45, 2.75) is 52.4 Å². The average Bonchev–Trinajstić information content (AvgIpc) is 3.72. The number of hydrogen-bond donors (Lipinski definition) is 0. The smallest absolute Gasteiger partial charge is 0.0468 e. The number of rotatable bonds is 6. The van der Waals surface area contributed by atoms with Gasteiger partial charge in [-0.25, -0.2) is 0 Å². The van der Waals surface area contributed by atoms with Gasteiger partial charge in [0.25, 0.3) is 0 Å². The number of anilines is 6. The van der Waals surface area contributed by atoms with Gasteiger partial charge in [-0.1, -0.05) is 175 Å². The molecule has 2 heteroatoms. The van der Waals surface area contributed by atoms with Gasteiger partial charge < -0.3 is 9.80 Å². The van der Waals surface area contributed by atoms with E-state index in [1.54, 1.807) is 0 Å². The standard InChI is InChI=1S/C60H46N2.C2H6/c1-59(2)55-25-15-13-23-49(55)51-33-29-43(37-57(51)59)61(39-17-7-5-8-18-39)41-27-31-47-48-32-28-42(36-54(48)46-22-12-11-21-45(46)53(47)35-41)62(40-19-9-6-10-20-40)44-30-34-52-50-24-14-16-26-56(50)60(3,4)58(52)38-44;1-2/h5-38H,1-4H3;1-2H3. The molecule has 64 heavy (non-hydrogen) atoms. The van der Waals surface area contributed by atoms with Gasteiger partial charge in [0.2, 0.25) is 0 Å². The molecule has 0 radical (unpaired) electrons. The minimum absolute atomic E-state index is 0.0965. The molecule has 2 nitrogen and oxygen atoms in total. The Balaban J connectivity index is 0.00000225. The van der Waals surface area contributed by atoms with Crippen molar-refractivity contribution in [1.82, 2.24) is 0 Å². The first-order chi connectivity index (χ1) is 31.3. The number of fused-ring (bicyclic) bond motifs is 12. The highest BCUT2D eigenvalue weighted by molar-refractivity contribution is 6.26. The van der Waals surface area contributed by atoms with Crippen LogP contribution in [0.2, 0.25) is 0 Å². The molecule has 310 valence electrons. The van der Waals surface area contributed by atoms with Crippen molar-refractivity contribution in [3.63, 3.8) is 0 Å². The van der Waals surface area contributed by atoms with E-state index in [0.717, 1.165) is 34.1 Å². The van der Waals surface area contributed by atoms with E-state index in [-0.39, 0.29) is 10.8 Å². The minimum Gasteiger partial charge on any atom is -0.310 e. The monoisotopic (exact) mass is 824 g/mol. The average molecular weight is 825 g/mol. The fraction of sp³-hybridized carbons (Fsp3) is 0.129. The first kappa shape index (κ1) is 39.4. The molecular weight excluding hydrogens is 773 g/mol. The van der Waals surface area contributed by atoms with Crippen LogP contribution in [0, 0.1) is 0 Å². The number of hydrogen-bond acceptors (Lipinski definition) is 2. The van der Waals surface area contributed by atoms with Crippen molar-refractivity contribution in [1.29, 1.82) is 0 Å². The predicted molar refractivity (Wildman–Crippen MR) is 275 cm³/mol. The fourth-order valence-corrected chi connectivity index (χ4v) is 10.9. The molecule has 0 aliphatic heterocycles. The summed E-state index contributed by atoms with van der Waals surface area (Å²) in [4.78, 5) is 4.85. The van der Waals surface area contributed by atoms with Crippen molar-refractivity contribution >= 4 is 66.4 Å². The van der Waals surface area contributed by atoms with Crippen LogP contribution in [0.1, 0.15) is 63.8 Å². The Morgan fingerprint density at radius 2 is 0.562 bits per heavy atom. The second kappa shape index (κ2) is 15.1.